The fourth-order valence-electron chi connectivity index (χ4n) is 15.6. The largest absolute Gasteiger partial charge is 1.00 e. The maximum absolute atomic E-state index is 9.30. The van der Waals surface area contributed by atoms with E-state index in [1.807, 2.05) is 0 Å². The highest BCUT2D eigenvalue weighted by molar-refractivity contribution is 6.22. The number of para-hydroxylation sites is 2. The van der Waals surface area contributed by atoms with Crippen molar-refractivity contribution in [3.8, 4) is 68.8 Å². The summed E-state index contributed by atoms with van der Waals surface area (Å²) in [6, 6.07) is 134. The van der Waals surface area contributed by atoms with E-state index in [4.69, 9.17) is 13.1 Å². The normalized spacial score (nSPS) is 10.8. The Labute approximate surface area is 692 Å². The van der Waals surface area contributed by atoms with E-state index in [9.17, 15) is 21.0 Å². The Hall–Kier alpha value is -16.4. The number of halogens is 1. The van der Waals surface area contributed by atoms with Crippen molar-refractivity contribution in [1.29, 1.82) is 21.0 Å². The van der Waals surface area contributed by atoms with Gasteiger partial charge in [-0.1, -0.05) is 298 Å². The molecule has 0 unspecified atom stereocenters. The second-order valence-corrected chi connectivity index (χ2v) is 27.4. The summed E-state index contributed by atoms with van der Waals surface area (Å²) in [5, 5.41) is 52.3. The molecule has 3 heterocycles. The van der Waals surface area contributed by atoms with E-state index < -0.39 is 0 Å². The third-order valence-corrected chi connectivity index (χ3v) is 20.8. The molecule has 0 aliphatic carbocycles. The van der Waals surface area contributed by atoms with Crippen molar-refractivity contribution < 1.29 is 26.8 Å². The predicted molar refractivity (Wildman–Crippen MR) is 468 cm³/mol. The van der Waals surface area contributed by atoms with Gasteiger partial charge < -0.3 is 46.3 Å². The van der Waals surface area contributed by atoms with Gasteiger partial charge in [-0.2, -0.15) is 21.0 Å². The minimum Gasteiger partial charge on any atom is -1.00 e. The van der Waals surface area contributed by atoms with E-state index in [1.165, 1.54) is 109 Å². The average Bonchev–Trinajstić information content (AvgIpc) is 0.729. The molecule has 0 radical (unpaired) electrons. The van der Waals surface area contributed by atoms with E-state index in [1.54, 1.807) is 24.3 Å². The SMILES string of the molecule is [C-]#[N+]c1nc2c(nc1C#N)c1nc(C#N)c(C#N)nc1c1nc(C#N)c([N+]#[C-])nc12.[H-].[H-].[I-].c1ccc(N(c2ccc(-c3ccc(N(c4ccccc4)c4cccc5ccccc45)cc3)cc2)c2cccc3ccccc23)cc1.c1ccc2cc(-c3c4ccccc4c(-c4ccc(-c5cccc6ccccc56)cc4)c4ccccc34)ccc2c1. The number of benzene rings is 17. The number of anilines is 6. The molecule has 0 N–H and O–H groups in total. The van der Waals surface area contributed by atoms with Crippen molar-refractivity contribution in [2.45, 2.75) is 0 Å². The number of nitrogens with zero attached hydrogens (tertiary/aromatic N) is 14. The van der Waals surface area contributed by atoms with E-state index in [2.05, 4.69) is 401 Å². The van der Waals surface area contributed by atoms with Crippen LogP contribution >= 0.6 is 0 Å². The van der Waals surface area contributed by atoms with Crippen molar-refractivity contribution >= 4 is 143 Å². The summed E-state index contributed by atoms with van der Waals surface area (Å²) < 4.78 is 0. The van der Waals surface area contributed by atoms with Gasteiger partial charge in [-0.15, -0.1) is 9.97 Å². The summed E-state index contributed by atoms with van der Waals surface area (Å²) in [4.78, 5) is 35.8. The fraction of sp³-hybridized carbons (Fsp3) is 0. The van der Waals surface area contributed by atoms with E-state index >= 15 is 0 Å². The lowest BCUT2D eigenvalue weighted by molar-refractivity contribution is -0.0000228. The molecule has 0 atom stereocenters. The van der Waals surface area contributed by atoms with Crippen LogP contribution in [0.2, 0.25) is 0 Å². The Morgan fingerprint density at radius 3 is 0.966 bits per heavy atom. The standard InChI is InChI=1S/C44H32N2.C40H26.C18N12.HI.2H/c1-3-17-37(18-4-1)45(43-23-11-15-35-13-7-9-21-41(35)43)39-29-25-33(26-30-39)34-27-31-40(32-28-34)46(38-19-5-2-6-20-38)44-24-12-16-36-14-8-10-22-42(36)44;1-2-12-31-26-32(25-20-27(31)10-1)40-37-17-7-5-15-35(37)39(36-16-6-8-18-38(36)40)30-23-21-29(22-24-30)34-19-9-13-28-11-3-4-14-33(28)34;1-23-17-9(5-21)27-13-11-12(26-8(4-20)7(3-19)25-11)14-16(15(13)29-17)30-18(24-2)10(6-22)28-14;;;/h1-32H;1-26H;;1H;;/q;;;;2*-1/p-1. The Bertz CT molecular complexity index is 7030. The molecule has 117 heavy (non-hydrogen) atoms. The van der Waals surface area contributed by atoms with E-state index in [-0.39, 0.29) is 94.3 Å². The molecule has 20 aromatic rings. The molecule has 15 heteroatoms. The highest BCUT2D eigenvalue weighted by Crippen LogP contribution is 2.47. The first-order chi connectivity index (χ1) is 57.3. The van der Waals surface area contributed by atoms with Crippen LogP contribution in [0.1, 0.15) is 25.6 Å². The van der Waals surface area contributed by atoms with Gasteiger partial charge in [0.1, 0.15) is 46.3 Å². The van der Waals surface area contributed by atoms with Crippen LogP contribution in [0.15, 0.2) is 352 Å². The van der Waals surface area contributed by atoms with Gasteiger partial charge in [0.2, 0.25) is 11.0 Å². The molecule has 0 aliphatic heterocycles. The number of fused-ring (bicyclic) bond motifs is 12. The molecule has 0 fully saturated rings. The fourth-order valence-corrected chi connectivity index (χ4v) is 15.6. The zero-order chi connectivity index (χ0) is 78.6. The predicted octanol–water partition coefficient (Wildman–Crippen LogP) is 23.2. The quantitative estimate of drug-likeness (QED) is 0.0546. The number of hydrogen-bond acceptors (Lipinski definition) is 12. The molecule has 548 valence electrons. The molecule has 0 saturated heterocycles. The van der Waals surface area contributed by atoms with Crippen LogP contribution < -0.4 is 33.8 Å². The lowest BCUT2D eigenvalue weighted by atomic mass is 9.85. The molecule has 0 bridgehead atoms. The monoisotopic (exact) mass is 1610 g/mol. The zero-order valence-corrected chi connectivity index (χ0v) is 64.3. The van der Waals surface area contributed by atoms with Crippen molar-refractivity contribution in [2.24, 2.45) is 0 Å². The van der Waals surface area contributed by atoms with Crippen molar-refractivity contribution in [3.63, 3.8) is 0 Å². The maximum Gasteiger partial charge on any atom is 0.307 e. The molecule has 0 spiro atoms. The summed E-state index contributed by atoms with van der Waals surface area (Å²) in [5.74, 6) is -0.605. The summed E-state index contributed by atoms with van der Waals surface area (Å²) in [7, 11) is 0. The molecule has 20 rings (SSSR count). The Balaban J connectivity index is 0.000000141. The number of nitriles is 4. The van der Waals surface area contributed by atoms with Gasteiger partial charge in [-0.05, 0) is 165 Å². The van der Waals surface area contributed by atoms with Crippen molar-refractivity contribution in [2.75, 3.05) is 9.80 Å². The van der Waals surface area contributed by atoms with Crippen LogP contribution in [0.25, 0.3) is 152 Å². The maximum atomic E-state index is 9.30. The highest BCUT2D eigenvalue weighted by Gasteiger charge is 2.28. The summed E-state index contributed by atoms with van der Waals surface area (Å²) in [6.45, 7) is 14.5. The highest BCUT2D eigenvalue weighted by atomic mass is 127. The van der Waals surface area contributed by atoms with Crippen LogP contribution in [0.5, 0.6) is 0 Å². The third-order valence-electron chi connectivity index (χ3n) is 20.8. The third kappa shape index (κ3) is 13.8. The first kappa shape index (κ1) is 73.4. The molecule has 0 saturated carbocycles. The minimum absolute atomic E-state index is 0. The first-order valence-electron chi connectivity index (χ1n) is 37.3. The van der Waals surface area contributed by atoms with Crippen LogP contribution in [-0.4, -0.2) is 29.9 Å². The molecule has 14 nitrogen and oxygen atoms in total. The summed E-state index contributed by atoms with van der Waals surface area (Å²) in [5.41, 5.74) is 15.6. The number of hydrogen-bond donors (Lipinski definition) is 0. The topological polar surface area (TPSA) is 188 Å². The Kier molecular flexibility index (Phi) is 20.2. The van der Waals surface area contributed by atoms with Crippen molar-refractivity contribution in [1.82, 2.24) is 29.9 Å². The van der Waals surface area contributed by atoms with Gasteiger partial charge in [0, 0.05) is 33.5 Å². The van der Waals surface area contributed by atoms with Gasteiger partial charge in [0.15, 0.2) is 22.8 Å². The van der Waals surface area contributed by atoms with Gasteiger partial charge in [-0.25, -0.2) is 19.9 Å². The van der Waals surface area contributed by atoms with E-state index in [0.29, 0.717) is 0 Å². The van der Waals surface area contributed by atoms with Crippen LogP contribution in [0.3, 0.4) is 0 Å². The minimum atomic E-state index is -0.303. The van der Waals surface area contributed by atoms with Crippen LogP contribution in [0, 0.1) is 58.5 Å². The second kappa shape index (κ2) is 32.1. The lowest BCUT2D eigenvalue weighted by Crippen LogP contribution is -3.00. The van der Waals surface area contributed by atoms with Gasteiger partial charge in [0.05, 0.1) is 11.4 Å². The average molecular weight is 1610 g/mol. The molecule has 0 aliphatic rings. The van der Waals surface area contributed by atoms with Crippen molar-refractivity contribution in [3.05, 3.63) is 397 Å². The zero-order valence-electron chi connectivity index (χ0n) is 64.1. The van der Waals surface area contributed by atoms with Gasteiger partial charge in [-0.3, -0.25) is 0 Å². The smallest absolute Gasteiger partial charge is 0.307 e. The molecular weight excluding hydrogens is 1550 g/mol. The molecule has 17 aromatic carbocycles. The molecule has 0 amide bonds. The molecule has 3 aromatic heterocycles. The van der Waals surface area contributed by atoms with Crippen LogP contribution in [-0.2, 0) is 0 Å². The van der Waals surface area contributed by atoms with E-state index in [0.717, 1.165) is 34.1 Å². The van der Waals surface area contributed by atoms with Gasteiger partial charge >= 0.3 is 11.6 Å². The number of rotatable bonds is 10. The summed E-state index contributed by atoms with van der Waals surface area (Å²) >= 11 is 0. The lowest BCUT2D eigenvalue weighted by Gasteiger charge is -2.27. The Morgan fingerprint density at radius 1 is 0.248 bits per heavy atom. The summed E-state index contributed by atoms with van der Waals surface area (Å²) in [6.07, 6.45) is 0. The second-order valence-electron chi connectivity index (χ2n) is 27.4. The number of aromatic nitrogens is 6. The first-order valence-corrected chi connectivity index (χ1v) is 37.3. The Morgan fingerprint density at radius 2 is 0.547 bits per heavy atom. The van der Waals surface area contributed by atoms with Crippen LogP contribution in [0.4, 0.5) is 45.8 Å². The van der Waals surface area contributed by atoms with Gasteiger partial charge in [0.25, 0.3) is 0 Å². The molecular formula is C102H60IN14-3.